The van der Waals surface area contributed by atoms with E-state index in [1.54, 1.807) is 6.07 Å². The summed E-state index contributed by atoms with van der Waals surface area (Å²) in [6.45, 7) is 4.02. The Labute approximate surface area is 149 Å². The minimum Gasteiger partial charge on any atom is -0.340 e. The van der Waals surface area contributed by atoms with Gasteiger partial charge in [-0.3, -0.25) is 0 Å². The highest BCUT2D eigenvalue weighted by Crippen LogP contribution is 2.31. The maximum absolute atomic E-state index is 12.8. The smallest absolute Gasteiger partial charge is 0.340 e. The van der Waals surface area contributed by atoms with Crippen LogP contribution in [0.2, 0.25) is 0 Å². The van der Waals surface area contributed by atoms with E-state index in [0.29, 0.717) is 5.82 Å². The Morgan fingerprint density at radius 1 is 0.923 bits per heavy atom. The number of aryl methyl sites for hydroxylation is 1. The van der Waals surface area contributed by atoms with E-state index >= 15 is 0 Å². The van der Waals surface area contributed by atoms with E-state index in [-0.39, 0.29) is 11.6 Å². The standard InChI is InChI=1S/C19H17F3N4/c1-12-5-3-8-16(13(12)2)25-17-9-10-23-18(26-17)24-15-7-4-6-14(11-15)19(20,21)22/h3-11H,1-2H3,(H2,23,24,25,26). The van der Waals surface area contributed by atoms with Gasteiger partial charge in [-0.2, -0.15) is 18.2 Å². The topological polar surface area (TPSA) is 49.8 Å². The van der Waals surface area contributed by atoms with Crippen molar-refractivity contribution < 1.29 is 13.2 Å². The highest BCUT2D eigenvalue weighted by Gasteiger charge is 2.30. The SMILES string of the molecule is Cc1cccc(Nc2ccnc(Nc3cccc(C(F)(F)F)c3)n2)c1C. The van der Waals surface area contributed by atoms with Crippen molar-refractivity contribution >= 4 is 23.1 Å². The van der Waals surface area contributed by atoms with Gasteiger partial charge in [0.2, 0.25) is 5.95 Å². The van der Waals surface area contributed by atoms with Crippen LogP contribution in [0.1, 0.15) is 16.7 Å². The number of halogens is 3. The van der Waals surface area contributed by atoms with E-state index in [4.69, 9.17) is 0 Å². The lowest BCUT2D eigenvalue weighted by Crippen LogP contribution is -2.06. The molecule has 0 atom stereocenters. The molecule has 0 aliphatic heterocycles. The minimum atomic E-state index is -4.40. The van der Waals surface area contributed by atoms with Gasteiger partial charge in [-0.15, -0.1) is 0 Å². The monoisotopic (exact) mass is 358 g/mol. The Bertz CT molecular complexity index is 923. The molecule has 0 radical (unpaired) electrons. The van der Waals surface area contributed by atoms with Crippen LogP contribution in [0.15, 0.2) is 54.7 Å². The lowest BCUT2D eigenvalue weighted by atomic mass is 10.1. The zero-order valence-corrected chi connectivity index (χ0v) is 14.2. The quantitative estimate of drug-likeness (QED) is 0.637. The number of anilines is 4. The molecule has 3 aromatic rings. The number of alkyl halides is 3. The van der Waals surface area contributed by atoms with Crippen molar-refractivity contribution in [3.05, 3.63) is 71.4 Å². The van der Waals surface area contributed by atoms with Crippen LogP contribution in [0.25, 0.3) is 0 Å². The number of benzene rings is 2. The fourth-order valence-corrected chi connectivity index (χ4v) is 2.42. The zero-order chi connectivity index (χ0) is 18.7. The Morgan fingerprint density at radius 2 is 1.69 bits per heavy atom. The van der Waals surface area contributed by atoms with Gasteiger partial charge >= 0.3 is 6.18 Å². The summed E-state index contributed by atoms with van der Waals surface area (Å²) in [5.41, 5.74) is 2.69. The Hall–Kier alpha value is -3.09. The van der Waals surface area contributed by atoms with Crippen molar-refractivity contribution in [2.45, 2.75) is 20.0 Å². The fourth-order valence-electron chi connectivity index (χ4n) is 2.42. The number of nitrogens with one attached hydrogen (secondary N) is 2. The summed E-state index contributed by atoms with van der Waals surface area (Å²) in [7, 11) is 0. The summed E-state index contributed by atoms with van der Waals surface area (Å²) in [5.74, 6) is 0.753. The number of rotatable bonds is 4. The molecule has 2 N–H and O–H groups in total. The second-order valence-electron chi connectivity index (χ2n) is 5.84. The second-order valence-corrected chi connectivity index (χ2v) is 5.84. The molecule has 26 heavy (non-hydrogen) atoms. The molecule has 2 aromatic carbocycles. The third-order valence-corrected chi connectivity index (χ3v) is 3.97. The van der Waals surface area contributed by atoms with Crippen molar-refractivity contribution in [2.75, 3.05) is 10.6 Å². The highest BCUT2D eigenvalue weighted by molar-refractivity contribution is 5.63. The maximum Gasteiger partial charge on any atom is 0.416 e. The van der Waals surface area contributed by atoms with Gasteiger partial charge in [-0.05, 0) is 55.3 Å². The summed E-state index contributed by atoms with van der Waals surface area (Å²) in [6, 6.07) is 12.5. The van der Waals surface area contributed by atoms with Crippen molar-refractivity contribution in [3.63, 3.8) is 0 Å². The van der Waals surface area contributed by atoms with Gasteiger partial charge in [0, 0.05) is 17.6 Å². The summed E-state index contributed by atoms with van der Waals surface area (Å²) >= 11 is 0. The molecule has 0 spiro atoms. The molecule has 0 aliphatic carbocycles. The average Bonchev–Trinajstić information content (AvgIpc) is 2.59. The van der Waals surface area contributed by atoms with Crippen LogP contribution in [0, 0.1) is 13.8 Å². The molecular formula is C19H17F3N4. The van der Waals surface area contributed by atoms with Crippen molar-refractivity contribution in [3.8, 4) is 0 Å². The van der Waals surface area contributed by atoms with Crippen LogP contribution in [-0.4, -0.2) is 9.97 Å². The maximum atomic E-state index is 12.8. The number of hydrogen-bond donors (Lipinski definition) is 2. The molecule has 0 unspecified atom stereocenters. The summed E-state index contributed by atoms with van der Waals surface area (Å²) in [4.78, 5) is 8.38. The van der Waals surface area contributed by atoms with Gasteiger partial charge in [0.25, 0.3) is 0 Å². The van der Waals surface area contributed by atoms with Crippen molar-refractivity contribution in [1.29, 1.82) is 0 Å². The largest absolute Gasteiger partial charge is 0.416 e. The normalized spacial score (nSPS) is 11.3. The molecule has 1 aromatic heterocycles. The van der Waals surface area contributed by atoms with Crippen LogP contribution in [0.4, 0.5) is 36.3 Å². The van der Waals surface area contributed by atoms with Gasteiger partial charge < -0.3 is 10.6 Å². The van der Waals surface area contributed by atoms with E-state index in [1.165, 1.54) is 18.3 Å². The molecule has 4 nitrogen and oxygen atoms in total. The Morgan fingerprint density at radius 3 is 2.46 bits per heavy atom. The molecular weight excluding hydrogens is 341 g/mol. The Kier molecular flexibility index (Phi) is 4.79. The molecule has 7 heteroatoms. The van der Waals surface area contributed by atoms with Gasteiger partial charge in [-0.25, -0.2) is 4.98 Å². The lowest BCUT2D eigenvalue weighted by molar-refractivity contribution is -0.137. The number of nitrogens with zero attached hydrogens (tertiary/aromatic N) is 2. The van der Waals surface area contributed by atoms with Gasteiger partial charge in [0.05, 0.1) is 5.56 Å². The third kappa shape index (κ3) is 4.11. The molecule has 0 saturated heterocycles. The van der Waals surface area contributed by atoms with E-state index in [0.717, 1.165) is 28.9 Å². The number of hydrogen-bond acceptors (Lipinski definition) is 4. The first-order valence-electron chi connectivity index (χ1n) is 7.93. The summed E-state index contributed by atoms with van der Waals surface area (Å²) < 4.78 is 38.4. The first-order chi connectivity index (χ1) is 12.3. The predicted octanol–water partition coefficient (Wildman–Crippen LogP) is 5.60. The van der Waals surface area contributed by atoms with E-state index < -0.39 is 11.7 Å². The fraction of sp³-hybridized carbons (Fsp3) is 0.158. The molecule has 0 saturated carbocycles. The predicted molar refractivity (Wildman–Crippen MR) is 96.0 cm³/mol. The van der Waals surface area contributed by atoms with Crippen molar-refractivity contribution in [2.24, 2.45) is 0 Å². The first kappa shape index (κ1) is 17.7. The van der Waals surface area contributed by atoms with Crippen LogP contribution in [-0.2, 0) is 6.18 Å². The van der Waals surface area contributed by atoms with E-state index in [9.17, 15) is 13.2 Å². The van der Waals surface area contributed by atoms with Crippen LogP contribution in [0.3, 0.4) is 0 Å². The van der Waals surface area contributed by atoms with Crippen LogP contribution < -0.4 is 10.6 Å². The molecule has 0 bridgehead atoms. The van der Waals surface area contributed by atoms with Crippen LogP contribution >= 0.6 is 0 Å². The number of aromatic nitrogens is 2. The van der Waals surface area contributed by atoms with Gasteiger partial charge in [-0.1, -0.05) is 18.2 Å². The zero-order valence-electron chi connectivity index (χ0n) is 14.2. The summed E-state index contributed by atoms with van der Waals surface area (Å²) in [6.07, 6.45) is -2.86. The van der Waals surface area contributed by atoms with Crippen molar-refractivity contribution in [1.82, 2.24) is 9.97 Å². The molecule has 134 valence electrons. The van der Waals surface area contributed by atoms with Gasteiger partial charge in [0.1, 0.15) is 5.82 Å². The molecule has 0 fully saturated rings. The molecule has 0 aliphatic rings. The van der Waals surface area contributed by atoms with E-state index in [1.807, 2.05) is 32.0 Å². The highest BCUT2D eigenvalue weighted by atomic mass is 19.4. The van der Waals surface area contributed by atoms with E-state index in [2.05, 4.69) is 20.6 Å². The molecule has 3 rings (SSSR count). The molecule has 0 amide bonds. The average molecular weight is 358 g/mol. The second kappa shape index (κ2) is 7.03. The minimum absolute atomic E-state index is 0.208. The third-order valence-electron chi connectivity index (χ3n) is 3.97. The first-order valence-corrected chi connectivity index (χ1v) is 7.93. The van der Waals surface area contributed by atoms with Crippen LogP contribution in [0.5, 0.6) is 0 Å². The lowest BCUT2D eigenvalue weighted by Gasteiger charge is -2.12. The Balaban J connectivity index is 1.81. The molecule has 1 heterocycles. The van der Waals surface area contributed by atoms with Gasteiger partial charge in [0.15, 0.2) is 0 Å². The summed E-state index contributed by atoms with van der Waals surface area (Å²) in [5, 5.41) is 6.01.